The fourth-order valence-electron chi connectivity index (χ4n) is 9.78. The number of aromatic nitrogens is 1. The minimum atomic E-state index is 0.859. The van der Waals surface area contributed by atoms with Crippen LogP contribution >= 0.6 is 11.3 Å². The van der Waals surface area contributed by atoms with Crippen LogP contribution in [0.1, 0.15) is 0 Å². The summed E-state index contributed by atoms with van der Waals surface area (Å²) in [6.07, 6.45) is 0. The maximum absolute atomic E-state index is 6.99. The summed E-state index contributed by atoms with van der Waals surface area (Å²) in [6.45, 7) is 0. The number of fused-ring (bicyclic) bond motifs is 10. The van der Waals surface area contributed by atoms with Gasteiger partial charge in [-0.15, -0.1) is 11.3 Å². The maximum atomic E-state index is 6.99. The van der Waals surface area contributed by atoms with Gasteiger partial charge < -0.3 is 13.9 Å². The van der Waals surface area contributed by atoms with E-state index in [-0.39, 0.29) is 0 Å². The summed E-state index contributed by atoms with van der Waals surface area (Å²) >= 11 is 1.85. The van der Waals surface area contributed by atoms with Crippen LogP contribution in [0.4, 0.5) is 17.1 Å². The number of rotatable bonds is 6. The molecule has 0 bridgehead atoms. The Labute approximate surface area is 361 Å². The molecule has 290 valence electrons. The molecule has 10 aromatic carbocycles. The molecule has 0 fully saturated rings. The molecule has 13 rings (SSSR count). The van der Waals surface area contributed by atoms with Crippen molar-refractivity contribution in [3.63, 3.8) is 0 Å². The Balaban J connectivity index is 1.03. The number of hydrogen-bond donors (Lipinski definition) is 0. The molecular formula is C58H36N2OS. The smallest absolute Gasteiger partial charge is 0.145 e. The van der Waals surface area contributed by atoms with E-state index in [4.69, 9.17) is 4.42 Å². The van der Waals surface area contributed by atoms with E-state index in [0.29, 0.717) is 0 Å². The minimum absolute atomic E-state index is 0.859. The number of nitrogens with zero attached hydrogens (tertiary/aromatic N) is 2. The van der Waals surface area contributed by atoms with Gasteiger partial charge in [0.25, 0.3) is 0 Å². The summed E-state index contributed by atoms with van der Waals surface area (Å²) < 4.78 is 12.0. The highest BCUT2D eigenvalue weighted by Crippen LogP contribution is 2.48. The van der Waals surface area contributed by atoms with Crippen LogP contribution in [-0.2, 0) is 0 Å². The second-order valence-electron chi connectivity index (χ2n) is 16.0. The molecule has 0 atom stereocenters. The van der Waals surface area contributed by atoms with Crippen LogP contribution in [0.15, 0.2) is 223 Å². The third kappa shape index (κ3) is 5.37. The van der Waals surface area contributed by atoms with Crippen LogP contribution in [-0.4, -0.2) is 4.57 Å². The van der Waals surface area contributed by atoms with Gasteiger partial charge in [0.2, 0.25) is 0 Å². The van der Waals surface area contributed by atoms with Crippen molar-refractivity contribution in [1.29, 1.82) is 0 Å². The quantitative estimate of drug-likeness (QED) is 0.167. The molecule has 3 heterocycles. The van der Waals surface area contributed by atoms with Crippen LogP contribution in [0.5, 0.6) is 0 Å². The Morgan fingerprint density at radius 2 is 1.05 bits per heavy atom. The topological polar surface area (TPSA) is 21.3 Å². The third-order valence-electron chi connectivity index (χ3n) is 12.6. The maximum Gasteiger partial charge on any atom is 0.145 e. The predicted octanol–water partition coefficient (Wildman–Crippen LogP) is 17.0. The summed E-state index contributed by atoms with van der Waals surface area (Å²) in [4.78, 5) is 2.44. The Bertz CT molecular complexity index is 3850. The fraction of sp³-hybridized carbons (Fsp3) is 0. The van der Waals surface area contributed by atoms with Crippen molar-refractivity contribution in [2.75, 3.05) is 4.90 Å². The standard InChI is InChI=1S/C58H36N2OS/c1-2-20-43-37(14-1)15-13-27-50(43)60(41-18-11-16-38(34-41)39-30-33-56-49(36-39)47-23-6-10-29-55(47)62-56)53-32-31-44(58-57(53)48-24-5-9-28-54(48)61-58)40-17-12-19-42(35-40)59-51-25-7-3-21-45(51)46-22-4-8-26-52(46)59/h1-36H. The first-order valence-corrected chi connectivity index (χ1v) is 21.9. The Morgan fingerprint density at radius 1 is 0.403 bits per heavy atom. The van der Waals surface area contributed by atoms with Gasteiger partial charge in [0.15, 0.2) is 0 Å². The molecule has 0 amide bonds. The molecule has 0 radical (unpaired) electrons. The van der Waals surface area contributed by atoms with Gasteiger partial charge in [-0.05, 0) is 101 Å². The van der Waals surface area contributed by atoms with E-state index in [1.807, 2.05) is 11.3 Å². The summed E-state index contributed by atoms with van der Waals surface area (Å²) in [5.41, 5.74) is 12.9. The summed E-state index contributed by atoms with van der Waals surface area (Å²) in [6, 6.07) is 79.2. The fourth-order valence-corrected chi connectivity index (χ4v) is 10.9. The molecule has 0 aliphatic rings. The van der Waals surface area contributed by atoms with E-state index in [1.165, 1.54) is 58.3 Å². The summed E-state index contributed by atoms with van der Waals surface area (Å²) in [7, 11) is 0. The zero-order valence-electron chi connectivity index (χ0n) is 33.5. The van der Waals surface area contributed by atoms with Crippen LogP contribution < -0.4 is 4.90 Å². The molecule has 0 unspecified atom stereocenters. The van der Waals surface area contributed by atoms with Gasteiger partial charge in [-0.1, -0.05) is 140 Å². The van der Waals surface area contributed by atoms with Crippen LogP contribution in [0.2, 0.25) is 0 Å². The van der Waals surface area contributed by atoms with Gasteiger partial charge in [-0.2, -0.15) is 0 Å². The molecule has 0 saturated carbocycles. The molecule has 3 aromatic heterocycles. The molecule has 13 aromatic rings. The molecule has 0 aliphatic carbocycles. The van der Waals surface area contributed by atoms with Crippen LogP contribution in [0.25, 0.3) is 103 Å². The number of thiophene rings is 1. The van der Waals surface area contributed by atoms with E-state index in [9.17, 15) is 0 Å². The van der Waals surface area contributed by atoms with Crippen molar-refractivity contribution in [2.24, 2.45) is 0 Å². The normalized spacial score (nSPS) is 11.9. The number of anilines is 3. The monoisotopic (exact) mass is 808 g/mol. The second kappa shape index (κ2) is 13.8. The molecule has 0 saturated heterocycles. The van der Waals surface area contributed by atoms with E-state index in [0.717, 1.165) is 61.4 Å². The van der Waals surface area contributed by atoms with Gasteiger partial charge >= 0.3 is 0 Å². The second-order valence-corrected chi connectivity index (χ2v) is 17.1. The summed E-state index contributed by atoms with van der Waals surface area (Å²) in [5.74, 6) is 0. The Kier molecular flexibility index (Phi) is 7.78. The lowest BCUT2D eigenvalue weighted by Crippen LogP contribution is -2.11. The van der Waals surface area contributed by atoms with Crippen LogP contribution in [0, 0.1) is 0 Å². The minimum Gasteiger partial charge on any atom is -0.455 e. The molecule has 0 spiro atoms. The first-order chi connectivity index (χ1) is 30.7. The van der Waals surface area contributed by atoms with Crippen molar-refractivity contribution >= 4 is 103 Å². The summed E-state index contributed by atoms with van der Waals surface area (Å²) in [5, 5.41) is 9.61. The van der Waals surface area contributed by atoms with E-state index >= 15 is 0 Å². The van der Waals surface area contributed by atoms with Crippen molar-refractivity contribution in [3.8, 4) is 27.9 Å². The molecule has 0 aliphatic heterocycles. The molecule has 4 heteroatoms. The Morgan fingerprint density at radius 3 is 1.90 bits per heavy atom. The number of para-hydroxylation sites is 3. The van der Waals surface area contributed by atoms with Gasteiger partial charge in [-0.3, -0.25) is 0 Å². The number of benzene rings is 10. The number of furan rings is 1. The molecule has 0 N–H and O–H groups in total. The zero-order chi connectivity index (χ0) is 40.7. The van der Waals surface area contributed by atoms with E-state index in [2.05, 4.69) is 228 Å². The average Bonchev–Trinajstić information content (AvgIpc) is 4.02. The Hall–Kier alpha value is -7.92. The number of hydrogen-bond acceptors (Lipinski definition) is 3. The van der Waals surface area contributed by atoms with Crippen LogP contribution in [0.3, 0.4) is 0 Å². The van der Waals surface area contributed by atoms with E-state index in [1.54, 1.807) is 0 Å². The SMILES string of the molecule is c1cc(-c2ccc3sc4ccccc4c3c2)cc(N(c2cccc3ccccc23)c2ccc(-c3cccc(-n4c5ccccc5c5ccccc54)c3)c3oc4ccccc4c23)c1. The lowest BCUT2D eigenvalue weighted by Gasteiger charge is -2.28. The highest BCUT2D eigenvalue weighted by atomic mass is 32.1. The third-order valence-corrected chi connectivity index (χ3v) is 13.7. The van der Waals surface area contributed by atoms with Crippen molar-refractivity contribution in [1.82, 2.24) is 4.57 Å². The largest absolute Gasteiger partial charge is 0.455 e. The first kappa shape index (κ1) is 34.9. The molecule has 62 heavy (non-hydrogen) atoms. The zero-order valence-corrected chi connectivity index (χ0v) is 34.3. The lowest BCUT2D eigenvalue weighted by molar-refractivity contribution is 0.670. The molecule has 3 nitrogen and oxygen atoms in total. The van der Waals surface area contributed by atoms with Gasteiger partial charge in [0.05, 0.1) is 27.8 Å². The van der Waals surface area contributed by atoms with Crippen molar-refractivity contribution in [3.05, 3.63) is 218 Å². The van der Waals surface area contributed by atoms with Crippen molar-refractivity contribution in [2.45, 2.75) is 0 Å². The lowest BCUT2D eigenvalue weighted by atomic mass is 9.98. The van der Waals surface area contributed by atoms with Gasteiger partial charge in [0, 0.05) is 58.7 Å². The average molecular weight is 809 g/mol. The van der Waals surface area contributed by atoms with Crippen molar-refractivity contribution < 1.29 is 4.42 Å². The van der Waals surface area contributed by atoms with E-state index < -0.39 is 0 Å². The van der Waals surface area contributed by atoms with Gasteiger partial charge in [-0.25, -0.2) is 0 Å². The first-order valence-electron chi connectivity index (χ1n) is 21.1. The highest BCUT2D eigenvalue weighted by Gasteiger charge is 2.24. The highest BCUT2D eigenvalue weighted by molar-refractivity contribution is 7.25. The predicted molar refractivity (Wildman–Crippen MR) is 264 cm³/mol. The van der Waals surface area contributed by atoms with Gasteiger partial charge in [0.1, 0.15) is 11.2 Å². The molecular weight excluding hydrogens is 773 g/mol.